The fraction of sp³-hybridized carbons (Fsp3) is 0. The van der Waals surface area contributed by atoms with Gasteiger partial charge in [0.15, 0.2) is 0 Å². The summed E-state index contributed by atoms with van der Waals surface area (Å²) in [5, 5.41) is 11.0. The number of non-ortho nitro benzene ring substituents is 1. The second-order valence-electron chi connectivity index (χ2n) is 4.41. The molecule has 1 heterocycles. The van der Waals surface area contributed by atoms with E-state index in [1.54, 1.807) is 0 Å². The maximum atomic E-state index is 12.3. The molecule has 0 aromatic heterocycles. The molecular formula is C14H7ClN2O4. The Morgan fingerprint density at radius 1 is 0.952 bits per heavy atom. The summed E-state index contributed by atoms with van der Waals surface area (Å²) in [5.41, 5.74) is 0.662. The van der Waals surface area contributed by atoms with Crippen molar-refractivity contribution in [3.8, 4) is 0 Å². The lowest BCUT2D eigenvalue weighted by Gasteiger charge is -2.13. The first kappa shape index (κ1) is 13.3. The number of rotatable bonds is 2. The molecule has 2 aromatic rings. The van der Waals surface area contributed by atoms with Crippen molar-refractivity contribution < 1.29 is 14.5 Å². The molecule has 1 aliphatic rings. The molecule has 0 radical (unpaired) electrons. The van der Waals surface area contributed by atoms with Crippen molar-refractivity contribution in [3.05, 3.63) is 68.7 Å². The lowest BCUT2D eigenvalue weighted by molar-refractivity contribution is -0.384. The lowest BCUT2D eigenvalue weighted by atomic mass is 10.1. The van der Waals surface area contributed by atoms with Gasteiger partial charge in [0.25, 0.3) is 17.5 Å². The summed E-state index contributed by atoms with van der Waals surface area (Å²) < 4.78 is 0. The van der Waals surface area contributed by atoms with E-state index in [0.717, 1.165) is 4.90 Å². The van der Waals surface area contributed by atoms with E-state index in [-0.39, 0.29) is 22.5 Å². The van der Waals surface area contributed by atoms with Crippen LogP contribution in [-0.2, 0) is 0 Å². The summed E-state index contributed by atoms with van der Waals surface area (Å²) >= 11 is 5.83. The third-order valence-electron chi connectivity index (χ3n) is 3.17. The minimum atomic E-state index is -0.550. The van der Waals surface area contributed by atoms with Gasteiger partial charge in [-0.2, -0.15) is 0 Å². The highest BCUT2D eigenvalue weighted by molar-refractivity contribution is 6.36. The molecule has 7 heteroatoms. The van der Waals surface area contributed by atoms with Crippen LogP contribution in [0.15, 0.2) is 42.5 Å². The number of amides is 2. The summed E-state index contributed by atoms with van der Waals surface area (Å²) in [7, 11) is 0. The Balaban J connectivity index is 2.03. The SMILES string of the molecule is O=C1c2ccc(Cl)cc2C(=O)N1c1ccc([N+](=O)[O-])cc1. The van der Waals surface area contributed by atoms with E-state index < -0.39 is 16.7 Å². The fourth-order valence-electron chi connectivity index (χ4n) is 2.17. The average molecular weight is 303 g/mol. The predicted octanol–water partition coefficient (Wildman–Crippen LogP) is 3.05. The number of hydrogen-bond acceptors (Lipinski definition) is 4. The number of carbonyl (C=O) groups is 2. The van der Waals surface area contributed by atoms with Gasteiger partial charge >= 0.3 is 0 Å². The predicted molar refractivity (Wildman–Crippen MR) is 75.7 cm³/mol. The Morgan fingerprint density at radius 2 is 1.57 bits per heavy atom. The van der Waals surface area contributed by atoms with Crippen LogP contribution in [-0.4, -0.2) is 16.7 Å². The van der Waals surface area contributed by atoms with E-state index in [0.29, 0.717) is 5.02 Å². The zero-order chi connectivity index (χ0) is 15.1. The largest absolute Gasteiger partial charge is 0.269 e. The Morgan fingerprint density at radius 3 is 2.19 bits per heavy atom. The van der Waals surface area contributed by atoms with Gasteiger partial charge in [-0.1, -0.05) is 11.6 Å². The Labute approximate surface area is 123 Å². The number of benzene rings is 2. The van der Waals surface area contributed by atoms with Gasteiger partial charge < -0.3 is 0 Å². The summed E-state index contributed by atoms with van der Waals surface area (Å²) in [5.74, 6) is -0.966. The van der Waals surface area contributed by atoms with E-state index in [1.165, 1.54) is 42.5 Å². The van der Waals surface area contributed by atoms with Crippen LogP contribution in [0.5, 0.6) is 0 Å². The van der Waals surface area contributed by atoms with Crippen LogP contribution in [0.25, 0.3) is 0 Å². The van der Waals surface area contributed by atoms with Gasteiger partial charge in [-0.3, -0.25) is 19.7 Å². The summed E-state index contributed by atoms with van der Waals surface area (Å²) in [4.78, 5) is 35.6. The van der Waals surface area contributed by atoms with E-state index >= 15 is 0 Å². The summed E-state index contributed by atoms with van der Waals surface area (Å²) in [6.07, 6.45) is 0. The van der Waals surface area contributed by atoms with Crippen LogP contribution in [0.4, 0.5) is 11.4 Å². The minimum absolute atomic E-state index is 0.113. The fourth-order valence-corrected chi connectivity index (χ4v) is 2.34. The Hall–Kier alpha value is -2.73. The van der Waals surface area contributed by atoms with Gasteiger partial charge in [0, 0.05) is 17.2 Å². The van der Waals surface area contributed by atoms with Crippen molar-refractivity contribution in [2.45, 2.75) is 0 Å². The van der Waals surface area contributed by atoms with Crippen molar-refractivity contribution in [1.29, 1.82) is 0 Å². The number of hydrogen-bond donors (Lipinski definition) is 0. The van der Waals surface area contributed by atoms with Crippen LogP contribution in [0.2, 0.25) is 5.02 Å². The van der Waals surface area contributed by atoms with Gasteiger partial charge in [-0.05, 0) is 30.3 Å². The highest BCUT2D eigenvalue weighted by Crippen LogP contribution is 2.30. The molecule has 6 nitrogen and oxygen atoms in total. The molecule has 104 valence electrons. The second-order valence-corrected chi connectivity index (χ2v) is 4.85. The van der Waals surface area contributed by atoms with E-state index in [1.807, 2.05) is 0 Å². The molecule has 0 saturated heterocycles. The molecule has 1 aliphatic heterocycles. The Kier molecular flexibility index (Phi) is 2.95. The number of nitro benzene ring substituents is 1. The molecule has 2 amide bonds. The van der Waals surface area contributed by atoms with Crippen molar-refractivity contribution in [2.75, 3.05) is 4.90 Å². The topological polar surface area (TPSA) is 80.5 Å². The summed E-state index contributed by atoms with van der Waals surface area (Å²) in [6, 6.07) is 9.66. The number of imide groups is 1. The third-order valence-corrected chi connectivity index (χ3v) is 3.40. The van der Waals surface area contributed by atoms with E-state index in [2.05, 4.69) is 0 Å². The standard InChI is InChI=1S/C14H7ClN2O4/c15-8-1-6-11-12(7-8)14(19)16(13(11)18)9-2-4-10(5-3-9)17(20)21/h1-7H. The monoisotopic (exact) mass is 302 g/mol. The normalized spacial score (nSPS) is 13.5. The van der Waals surface area contributed by atoms with Crippen molar-refractivity contribution in [1.82, 2.24) is 0 Å². The molecule has 3 rings (SSSR count). The van der Waals surface area contributed by atoms with Gasteiger partial charge in [0.1, 0.15) is 0 Å². The van der Waals surface area contributed by atoms with Crippen LogP contribution < -0.4 is 4.90 Å². The first-order chi connectivity index (χ1) is 9.99. The highest BCUT2D eigenvalue weighted by Gasteiger charge is 2.36. The third kappa shape index (κ3) is 2.05. The molecule has 0 N–H and O–H groups in total. The molecule has 0 aliphatic carbocycles. The van der Waals surface area contributed by atoms with Crippen LogP contribution >= 0.6 is 11.6 Å². The molecule has 21 heavy (non-hydrogen) atoms. The number of nitro groups is 1. The second kappa shape index (κ2) is 4.68. The zero-order valence-electron chi connectivity index (χ0n) is 10.4. The molecule has 2 aromatic carbocycles. The molecule has 0 fully saturated rings. The van der Waals surface area contributed by atoms with Gasteiger partial charge in [0.05, 0.1) is 21.7 Å². The molecule has 0 spiro atoms. The number of fused-ring (bicyclic) bond motifs is 1. The van der Waals surface area contributed by atoms with E-state index in [9.17, 15) is 19.7 Å². The zero-order valence-corrected chi connectivity index (χ0v) is 11.2. The minimum Gasteiger partial charge on any atom is -0.268 e. The van der Waals surface area contributed by atoms with Crippen LogP contribution in [0.1, 0.15) is 20.7 Å². The van der Waals surface area contributed by atoms with Gasteiger partial charge in [-0.25, -0.2) is 4.90 Å². The van der Waals surface area contributed by atoms with E-state index in [4.69, 9.17) is 11.6 Å². The van der Waals surface area contributed by atoms with Gasteiger partial charge in [0.2, 0.25) is 0 Å². The Bertz CT molecular complexity index is 786. The molecule has 0 saturated carbocycles. The maximum absolute atomic E-state index is 12.3. The molecule has 0 unspecified atom stereocenters. The molecule has 0 bridgehead atoms. The number of carbonyl (C=O) groups excluding carboxylic acids is 2. The first-order valence-electron chi connectivity index (χ1n) is 5.92. The van der Waals surface area contributed by atoms with Crippen molar-refractivity contribution in [2.24, 2.45) is 0 Å². The van der Waals surface area contributed by atoms with Gasteiger partial charge in [-0.15, -0.1) is 0 Å². The van der Waals surface area contributed by atoms with Crippen LogP contribution in [0.3, 0.4) is 0 Å². The first-order valence-corrected chi connectivity index (χ1v) is 6.29. The van der Waals surface area contributed by atoms with Crippen LogP contribution in [0, 0.1) is 10.1 Å². The van der Waals surface area contributed by atoms with Crippen molar-refractivity contribution in [3.63, 3.8) is 0 Å². The van der Waals surface area contributed by atoms with Crippen molar-refractivity contribution >= 4 is 34.8 Å². The highest BCUT2D eigenvalue weighted by atomic mass is 35.5. The number of anilines is 1. The average Bonchev–Trinajstić information content (AvgIpc) is 2.70. The summed E-state index contributed by atoms with van der Waals surface area (Å²) in [6.45, 7) is 0. The lowest BCUT2D eigenvalue weighted by Crippen LogP contribution is -2.29. The number of halogens is 1. The molecule has 0 atom stereocenters. The maximum Gasteiger partial charge on any atom is 0.269 e. The molecular weight excluding hydrogens is 296 g/mol. The smallest absolute Gasteiger partial charge is 0.268 e. The number of nitrogens with zero attached hydrogens (tertiary/aromatic N) is 2. The quantitative estimate of drug-likeness (QED) is 0.485.